The average molecular weight is 249 g/mol. The predicted octanol–water partition coefficient (Wildman–Crippen LogP) is 2.97. The van der Waals surface area contributed by atoms with Crippen LogP contribution >= 0.6 is 0 Å². The van der Waals surface area contributed by atoms with Gasteiger partial charge in [-0.25, -0.2) is 9.18 Å². The smallest absolute Gasteiger partial charge is 0.377 e. The topological polar surface area (TPSA) is 52.3 Å². The first kappa shape index (κ1) is 12.3. The van der Waals surface area contributed by atoms with E-state index in [1.807, 2.05) is 0 Å². The number of hydrogen-bond donors (Lipinski definition) is 0. The van der Waals surface area contributed by atoms with Crippen molar-refractivity contribution in [2.45, 2.75) is 13.8 Å². The first-order chi connectivity index (χ1) is 8.65. The molecule has 5 heteroatoms. The summed E-state index contributed by atoms with van der Waals surface area (Å²) in [6.07, 6.45) is 0. The van der Waals surface area contributed by atoms with Gasteiger partial charge in [-0.3, -0.25) is 0 Å². The monoisotopic (exact) mass is 249 g/mol. The zero-order valence-electron chi connectivity index (χ0n) is 10.1. The van der Waals surface area contributed by atoms with Gasteiger partial charge in [0.15, 0.2) is 0 Å². The fourth-order valence-electron chi connectivity index (χ4n) is 1.63. The second-order valence-corrected chi connectivity index (χ2v) is 3.69. The molecule has 0 saturated heterocycles. The Morgan fingerprint density at radius 2 is 2.17 bits per heavy atom. The van der Waals surface area contributed by atoms with E-state index in [0.29, 0.717) is 16.8 Å². The first-order valence-electron chi connectivity index (χ1n) is 5.53. The molecule has 0 spiro atoms. The molecule has 2 aromatic rings. The Morgan fingerprint density at radius 3 is 2.83 bits per heavy atom. The quantitative estimate of drug-likeness (QED) is 0.785. The van der Waals surface area contributed by atoms with Crippen molar-refractivity contribution < 1.29 is 18.4 Å². The van der Waals surface area contributed by atoms with Crippen molar-refractivity contribution in [2.24, 2.45) is 0 Å². The summed E-state index contributed by atoms with van der Waals surface area (Å²) < 4.78 is 23.4. The zero-order chi connectivity index (χ0) is 13.1. The van der Waals surface area contributed by atoms with Gasteiger partial charge in [0.05, 0.1) is 6.61 Å². The second-order valence-electron chi connectivity index (χ2n) is 3.69. The molecule has 94 valence electrons. The van der Waals surface area contributed by atoms with Gasteiger partial charge in [-0.2, -0.15) is 0 Å². The minimum Gasteiger partial charge on any atom is -0.460 e. The van der Waals surface area contributed by atoms with Gasteiger partial charge in [0.1, 0.15) is 11.5 Å². The zero-order valence-corrected chi connectivity index (χ0v) is 10.1. The van der Waals surface area contributed by atoms with Gasteiger partial charge >= 0.3 is 5.97 Å². The number of rotatable bonds is 3. The lowest BCUT2D eigenvalue weighted by atomic mass is 10.1. The van der Waals surface area contributed by atoms with Crippen LogP contribution in [0.15, 0.2) is 28.8 Å². The third-order valence-electron chi connectivity index (χ3n) is 2.51. The highest BCUT2D eigenvalue weighted by molar-refractivity contribution is 5.89. The van der Waals surface area contributed by atoms with Gasteiger partial charge in [-0.05, 0) is 26.0 Å². The van der Waals surface area contributed by atoms with E-state index in [0.717, 1.165) is 0 Å². The van der Waals surface area contributed by atoms with Crippen molar-refractivity contribution in [1.29, 1.82) is 0 Å². The Morgan fingerprint density at radius 1 is 1.44 bits per heavy atom. The summed E-state index contributed by atoms with van der Waals surface area (Å²) in [5.74, 6) is -0.996. The number of carbonyl (C=O) groups is 1. The number of aromatic nitrogens is 1. The van der Waals surface area contributed by atoms with E-state index in [1.165, 1.54) is 6.07 Å². The van der Waals surface area contributed by atoms with E-state index in [2.05, 4.69) is 5.16 Å². The minimum atomic E-state index is -0.593. The van der Waals surface area contributed by atoms with Crippen LogP contribution in [0.3, 0.4) is 0 Å². The molecule has 0 radical (unpaired) electrons. The molecule has 0 bridgehead atoms. The SMILES string of the molecule is CCOC(=O)c1onc(-c2ccccc2F)c1C. The number of esters is 1. The largest absolute Gasteiger partial charge is 0.460 e. The summed E-state index contributed by atoms with van der Waals surface area (Å²) in [5, 5.41) is 3.73. The molecule has 1 aromatic carbocycles. The summed E-state index contributed by atoms with van der Waals surface area (Å²) in [5.41, 5.74) is 1.09. The van der Waals surface area contributed by atoms with E-state index in [4.69, 9.17) is 9.26 Å². The number of hydrogen-bond acceptors (Lipinski definition) is 4. The maximum Gasteiger partial charge on any atom is 0.377 e. The lowest BCUT2D eigenvalue weighted by Crippen LogP contribution is -2.04. The normalized spacial score (nSPS) is 10.4. The molecule has 0 saturated carbocycles. The molecule has 0 aliphatic heterocycles. The summed E-state index contributed by atoms with van der Waals surface area (Å²) in [6.45, 7) is 3.58. The lowest BCUT2D eigenvalue weighted by molar-refractivity contribution is 0.0478. The molecule has 1 heterocycles. The molecular formula is C13H12FNO3. The van der Waals surface area contributed by atoms with Gasteiger partial charge in [-0.15, -0.1) is 0 Å². The summed E-state index contributed by atoms with van der Waals surface area (Å²) >= 11 is 0. The van der Waals surface area contributed by atoms with Crippen LogP contribution in [0.2, 0.25) is 0 Å². The molecule has 1 aromatic heterocycles. The lowest BCUT2D eigenvalue weighted by Gasteiger charge is -2.00. The minimum absolute atomic E-state index is 0.00935. The third-order valence-corrected chi connectivity index (χ3v) is 2.51. The predicted molar refractivity (Wildman–Crippen MR) is 62.6 cm³/mol. The van der Waals surface area contributed by atoms with E-state index < -0.39 is 11.8 Å². The molecule has 0 amide bonds. The van der Waals surface area contributed by atoms with Crippen molar-refractivity contribution in [2.75, 3.05) is 6.61 Å². The molecule has 0 atom stereocenters. The Kier molecular flexibility index (Phi) is 3.41. The second kappa shape index (κ2) is 5.00. The Bertz CT molecular complexity index is 577. The highest BCUT2D eigenvalue weighted by Gasteiger charge is 2.22. The van der Waals surface area contributed by atoms with Crippen LogP contribution in [-0.2, 0) is 4.74 Å². The maximum absolute atomic E-state index is 13.6. The van der Waals surface area contributed by atoms with Crippen molar-refractivity contribution in [3.8, 4) is 11.3 Å². The number of halogens is 1. The Balaban J connectivity index is 2.43. The van der Waals surface area contributed by atoms with Crippen LogP contribution in [0.1, 0.15) is 23.0 Å². The molecule has 4 nitrogen and oxygen atoms in total. The summed E-state index contributed by atoms with van der Waals surface area (Å²) in [4.78, 5) is 11.5. The molecule has 0 aliphatic rings. The van der Waals surface area contributed by atoms with E-state index in [-0.39, 0.29) is 12.4 Å². The van der Waals surface area contributed by atoms with Crippen LogP contribution in [0.25, 0.3) is 11.3 Å². The van der Waals surface area contributed by atoms with E-state index >= 15 is 0 Å². The third kappa shape index (κ3) is 2.11. The van der Waals surface area contributed by atoms with Gasteiger partial charge in [0.25, 0.3) is 0 Å². The summed E-state index contributed by atoms with van der Waals surface area (Å²) in [7, 11) is 0. The van der Waals surface area contributed by atoms with Crippen molar-refractivity contribution in [3.63, 3.8) is 0 Å². The number of carbonyl (C=O) groups excluding carboxylic acids is 1. The molecule has 18 heavy (non-hydrogen) atoms. The number of ether oxygens (including phenoxy) is 1. The van der Waals surface area contributed by atoms with Crippen LogP contribution < -0.4 is 0 Å². The molecule has 0 fully saturated rings. The fourth-order valence-corrected chi connectivity index (χ4v) is 1.63. The standard InChI is InChI=1S/C13H12FNO3/c1-3-17-13(16)12-8(2)11(15-18-12)9-6-4-5-7-10(9)14/h4-7H,3H2,1-2H3. The van der Waals surface area contributed by atoms with Gasteiger partial charge in [0.2, 0.25) is 5.76 Å². The Labute approximate surface area is 103 Å². The molecule has 0 N–H and O–H groups in total. The maximum atomic E-state index is 13.6. The number of benzene rings is 1. The van der Waals surface area contributed by atoms with Crippen LogP contribution in [-0.4, -0.2) is 17.7 Å². The number of nitrogens with zero attached hydrogens (tertiary/aromatic N) is 1. The van der Waals surface area contributed by atoms with Gasteiger partial charge < -0.3 is 9.26 Å². The van der Waals surface area contributed by atoms with Gasteiger partial charge in [0, 0.05) is 11.1 Å². The van der Waals surface area contributed by atoms with Crippen LogP contribution in [0.5, 0.6) is 0 Å². The molecular weight excluding hydrogens is 237 g/mol. The average Bonchev–Trinajstić information content (AvgIpc) is 2.72. The highest BCUT2D eigenvalue weighted by Crippen LogP contribution is 2.27. The summed E-state index contributed by atoms with van der Waals surface area (Å²) in [6, 6.07) is 6.18. The van der Waals surface area contributed by atoms with E-state index in [1.54, 1.807) is 32.0 Å². The molecule has 0 aliphatic carbocycles. The van der Waals surface area contributed by atoms with Crippen molar-refractivity contribution >= 4 is 5.97 Å². The van der Waals surface area contributed by atoms with E-state index in [9.17, 15) is 9.18 Å². The molecule has 2 rings (SSSR count). The van der Waals surface area contributed by atoms with Crippen molar-refractivity contribution in [1.82, 2.24) is 5.16 Å². The Hall–Kier alpha value is -2.17. The first-order valence-corrected chi connectivity index (χ1v) is 5.53. The van der Waals surface area contributed by atoms with Crippen molar-refractivity contribution in [3.05, 3.63) is 41.4 Å². The fraction of sp³-hybridized carbons (Fsp3) is 0.231. The van der Waals surface area contributed by atoms with Crippen LogP contribution in [0, 0.1) is 12.7 Å². The highest BCUT2D eigenvalue weighted by atomic mass is 19.1. The van der Waals surface area contributed by atoms with Gasteiger partial charge in [-0.1, -0.05) is 17.3 Å². The van der Waals surface area contributed by atoms with Crippen LogP contribution in [0.4, 0.5) is 4.39 Å². The molecule has 0 unspecified atom stereocenters.